The molecule has 0 saturated heterocycles. The van der Waals surface area contributed by atoms with Gasteiger partial charge in [-0.25, -0.2) is 4.79 Å². The fraction of sp³-hybridized carbons (Fsp3) is 0.136. The molecule has 0 heterocycles. The number of para-hydroxylation sites is 1. The van der Waals surface area contributed by atoms with Gasteiger partial charge in [0.25, 0.3) is 0 Å². The molecule has 0 aliphatic rings. The van der Waals surface area contributed by atoms with Gasteiger partial charge in [0.15, 0.2) is 0 Å². The molecule has 0 saturated carbocycles. The van der Waals surface area contributed by atoms with Crippen molar-refractivity contribution in [2.24, 2.45) is 0 Å². The van der Waals surface area contributed by atoms with Crippen LogP contribution in [0.3, 0.4) is 0 Å². The largest absolute Gasteiger partial charge is 0.508 e. The van der Waals surface area contributed by atoms with Crippen molar-refractivity contribution in [3.05, 3.63) is 95.6 Å². The predicted molar refractivity (Wildman–Crippen MR) is 99.3 cm³/mol. The number of aromatic hydroxyl groups is 1. The number of phenolic OH excluding ortho intramolecular Hbond substituents is 1. The highest BCUT2D eigenvalue weighted by Crippen LogP contribution is 2.20. The molecule has 0 amide bonds. The van der Waals surface area contributed by atoms with Gasteiger partial charge in [0.05, 0.1) is 12.2 Å². The number of hydrogen-bond acceptors (Lipinski definition) is 4. The Morgan fingerprint density at radius 1 is 0.885 bits per heavy atom. The molecule has 0 aliphatic carbocycles. The Morgan fingerprint density at radius 3 is 2.46 bits per heavy atom. The maximum absolute atomic E-state index is 12.0. The van der Waals surface area contributed by atoms with Crippen LogP contribution in [0.15, 0.2) is 78.9 Å². The summed E-state index contributed by atoms with van der Waals surface area (Å²) in [6, 6.07) is 23.8. The molecule has 3 aromatic carbocycles. The predicted octanol–water partition coefficient (Wildman–Crippen LogP) is 4.37. The summed E-state index contributed by atoms with van der Waals surface area (Å²) < 4.78 is 11.2. The first kappa shape index (κ1) is 17.5. The molecule has 132 valence electrons. The van der Waals surface area contributed by atoms with E-state index >= 15 is 0 Å². The highest BCUT2D eigenvalue weighted by Gasteiger charge is 2.09. The van der Waals surface area contributed by atoms with E-state index in [-0.39, 0.29) is 12.4 Å². The highest BCUT2D eigenvalue weighted by atomic mass is 16.5. The first-order valence-electron chi connectivity index (χ1n) is 8.43. The third-order valence-electron chi connectivity index (χ3n) is 3.90. The number of esters is 1. The van der Waals surface area contributed by atoms with Crippen molar-refractivity contribution in [3.63, 3.8) is 0 Å². The average Bonchev–Trinajstić information content (AvgIpc) is 2.68. The minimum atomic E-state index is -0.455. The topological polar surface area (TPSA) is 55.8 Å². The molecule has 0 radical (unpaired) electrons. The average molecular weight is 348 g/mol. The maximum Gasteiger partial charge on any atom is 0.338 e. The Balaban J connectivity index is 1.55. The third kappa shape index (κ3) is 4.86. The zero-order valence-electron chi connectivity index (χ0n) is 14.3. The SMILES string of the molecule is O=C(OCCc1ccccc1OCc1ccccc1)c1cccc(O)c1. The third-order valence-corrected chi connectivity index (χ3v) is 3.90. The number of carbonyl (C=O) groups excluding carboxylic acids is 1. The van der Waals surface area contributed by atoms with Crippen molar-refractivity contribution in [3.8, 4) is 11.5 Å². The number of hydrogen-bond donors (Lipinski definition) is 1. The lowest BCUT2D eigenvalue weighted by Crippen LogP contribution is -2.09. The van der Waals surface area contributed by atoms with Crippen molar-refractivity contribution in [1.82, 2.24) is 0 Å². The minimum absolute atomic E-state index is 0.0408. The molecule has 0 aromatic heterocycles. The molecule has 0 bridgehead atoms. The van der Waals surface area contributed by atoms with Gasteiger partial charge in [-0.2, -0.15) is 0 Å². The van der Waals surface area contributed by atoms with Crippen LogP contribution in [0.4, 0.5) is 0 Å². The van der Waals surface area contributed by atoms with Gasteiger partial charge in [-0.3, -0.25) is 0 Å². The van der Waals surface area contributed by atoms with E-state index < -0.39 is 5.97 Å². The van der Waals surface area contributed by atoms with Crippen LogP contribution in [0.1, 0.15) is 21.5 Å². The summed E-state index contributed by atoms with van der Waals surface area (Å²) in [5.74, 6) is 0.368. The molecule has 26 heavy (non-hydrogen) atoms. The summed E-state index contributed by atoms with van der Waals surface area (Å²) in [5, 5.41) is 9.43. The molecular weight excluding hydrogens is 328 g/mol. The molecule has 4 nitrogen and oxygen atoms in total. The van der Waals surface area contributed by atoms with E-state index in [9.17, 15) is 9.90 Å². The summed E-state index contributed by atoms with van der Waals surface area (Å²) in [6.07, 6.45) is 0.551. The molecule has 4 heteroatoms. The van der Waals surface area contributed by atoms with E-state index in [4.69, 9.17) is 9.47 Å². The lowest BCUT2D eigenvalue weighted by Gasteiger charge is -2.12. The molecule has 1 N–H and O–H groups in total. The van der Waals surface area contributed by atoms with E-state index in [1.807, 2.05) is 54.6 Å². The molecule has 3 rings (SSSR count). The van der Waals surface area contributed by atoms with E-state index in [0.717, 1.165) is 16.9 Å². The Hall–Kier alpha value is -3.27. The van der Waals surface area contributed by atoms with Gasteiger partial charge in [0.2, 0.25) is 0 Å². The molecule has 0 atom stereocenters. The van der Waals surface area contributed by atoms with Gasteiger partial charge >= 0.3 is 5.97 Å². The van der Waals surface area contributed by atoms with E-state index in [0.29, 0.717) is 18.6 Å². The highest BCUT2D eigenvalue weighted by molar-refractivity contribution is 5.89. The number of ether oxygens (including phenoxy) is 2. The lowest BCUT2D eigenvalue weighted by molar-refractivity contribution is 0.0508. The molecule has 0 aliphatic heterocycles. The van der Waals surface area contributed by atoms with Crippen molar-refractivity contribution in [1.29, 1.82) is 0 Å². The molecule has 0 spiro atoms. The van der Waals surface area contributed by atoms with Gasteiger partial charge in [0.1, 0.15) is 18.1 Å². The summed E-state index contributed by atoms with van der Waals surface area (Å²) in [6.45, 7) is 0.723. The normalized spacial score (nSPS) is 10.3. The standard InChI is InChI=1S/C22H20O4/c23-20-11-6-10-19(15-20)22(24)25-14-13-18-9-4-5-12-21(18)26-16-17-7-2-1-3-8-17/h1-12,15,23H,13-14,16H2. The quantitative estimate of drug-likeness (QED) is 0.644. The smallest absolute Gasteiger partial charge is 0.338 e. The fourth-order valence-electron chi connectivity index (χ4n) is 2.56. The van der Waals surface area contributed by atoms with Crippen molar-refractivity contribution in [2.75, 3.05) is 6.61 Å². The van der Waals surface area contributed by atoms with Crippen molar-refractivity contribution in [2.45, 2.75) is 13.0 Å². The van der Waals surface area contributed by atoms with Gasteiger partial charge < -0.3 is 14.6 Å². The van der Waals surface area contributed by atoms with Gasteiger partial charge in [-0.15, -0.1) is 0 Å². The Bertz CT molecular complexity index is 859. The van der Waals surface area contributed by atoms with Gasteiger partial charge in [0, 0.05) is 6.42 Å². The van der Waals surface area contributed by atoms with Crippen LogP contribution in [-0.4, -0.2) is 17.7 Å². The van der Waals surface area contributed by atoms with Crippen molar-refractivity contribution >= 4 is 5.97 Å². The van der Waals surface area contributed by atoms with Crippen LogP contribution in [0.5, 0.6) is 11.5 Å². The Kier molecular flexibility index (Phi) is 5.88. The number of benzene rings is 3. The first-order valence-corrected chi connectivity index (χ1v) is 8.43. The van der Waals surface area contributed by atoms with Gasteiger partial charge in [-0.1, -0.05) is 54.6 Å². The summed E-state index contributed by atoms with van der Waals surface area (Å²) in [5.41, 5.74) is 2.41. The zero-order valence-corrected chi connectivity index (χ0v) is 14.3. The molecule has 3 aromatic rings. The minimum Gasteiger partial charge on any atom is -0.508 e. The summed E-state index contributed by atoms with van der Waals surface area (Å²) >= 11 is 0. The second-order valence-corrected chi connectivity index (χ2v) is 5.82. The lowest BCUT2D eigenvalue weighted by atomic mass is 10.1. The van der Waals surface area contributed by atoms with E-state index in [1.165, 1.54) is 12.1 Å². The number of phenols is 1. The molecule has 0 unspecified atom stereocenters. The fourth-order valence-corrected chi connectivity index (χ4v) is 2.56. The second-order valence-electron chi connectivity index (χ2n) is 5.82. The zero-order chi connectivity index (χ0) is 18.2. The molecule has 0 fully saturated rings. The van der Waals surface area contributed by atoms with Crippen molar-refractivity contribution < 1.29 is 19.4 Å². The molecular formula is C22H20O4. The van der Waals surface area contributed by atoms with Gasteiger partial charge in [-0.05, 0) is 35.4 Å². The first-order chi connectivity index (χ1) is 12.7. The Morgan fingerprint density at radius 2 is 1.65 bits per heavy atom. The second kappa shape index (κ2) is 8.72. The Labute approximate surface area is 152 Å². The number of rotatable bonds is 7. The van der Waals surface area contributed by atoms with Crippen LogP contribution < -0.4 is 4.74 Å². The number of carbonyl (C=O) groups is 1. The van der Waals surface area contributed by atoms with Crippen LogP contribution in [0.25, 0.3) is 0 Å². The van der Waals surface area contributed by atoms with E-state index in [2.05, 4.69) is 0 Å². The summed E-state index contributed by atoms with van der Waals surface area (Å²) in [4.78, 5) is 12.0. The van der Waals surface area contributed by atoms with Crippen LogP contribution >= 0.6 is 0 Å². The summed E-state index contributed by atoms with van der Waals surface area (Å²) in [7, 11) is 0. The van der Waals surface area contributed by atoms with Crippen LogP contribution in [0.2, 0.25) is 0 Å². The monoisotopic (exact) mass is 348 g/mol. The maximum atomic E-state index is 12.0. The van der Waals surface area contributed by atoms with Crippen LogP contribution in [0, 0.1) is 0 Å². The van der Waals surface area contributed by atoms with E-state index in [1.54, 1.807) is 12.1 Å². The van der Waals surface area contributed by atoms with Crippen LogP contribution in [-0.2, 0) is 17.8 Å².